The number of rotatable bonds is 4. The van der Waals surface area contributed by atoms with Crippen molar-refractivity contribution in [3.63, 3.8) is 0 Å². The Balaban J connectivity index is 1.79. The minimum Gasteiger partial charge on any atom is -0.465 e. The Labute approximate surface area is 162 Å². The zero-order valence-corrected chi connectivity index (χ0v) is 16.0. The fourth-order valence-electron chi connectivity index (χ4n) is 3.45. The third-order valence-electron chi connectivity index (χ3n) is 4.86. The maximum atomic E-state index is 13.2. The first kappa shape index (κ1) is 18.2. The molecule has 4 rings (SSSR count). The minimum absolute atomic E-state index is 0.0368. The molecule has 0 spiro atoms. The molecule has 28 heavy (non-hydrogen) atoms. The van der Waals surface area contributed by atoms with E-state index in [-0.39, 0.29) is 16.4 Å². The predicted molar refractivity (Wildman–Crippen MR) is 104 cm³/mol. The summed E-state index contributed by atoms with van der Waals surface area (Å²) in [6.45, 7) is 0.635. The van der Waals surface area contributed by atoms with Crippen LogP contribution in [-0.4, -0.2) is 37.9 Å². The molecule has 1 fully saturated rings. The van der Waals surface area contributed by atoms with Crippen molar-refractivity contribution in [3.05, 3.63) is 60.3 Å². The number of methoxy groups -OCH3 is 1. The molecule has 2 heterocycles. The van der Waals surface area contributed by atoms with Crippen molar-refractivity contribution < 1.29 is 22.7 Å². The zero-order chi connectivity index (χ0) is 19.9. The number of hydrogen-bond acceptors (Lipinski definition) is 5. The Kier molecular flexibility index (Phi) is 4.43. The summed E-state index contributed by atoms with van der Waals surface area (Å²) >= 11 is 0. The van der Waals surface area contributed by atoms with Crippen molar-refractivity contribution in [1.82, 2.24) is 3.97 Å². The molecule has 0 unspecified atom stereocenters. The second-order valence-electron chi connectivity index (χ2n) is 6.50. The Morgan fingerprint density at radius 1 is 1.07 bits per heavy atom. The van der Waals surface area contributed by atoms with E-state index in [0.29, 0.717) is 29.6 Å². The average Bonchev–Trinajstić information content (AvgIpc) is 3.31. The molecule has 0 radical (unpaired) electrons. The highest BCUT2D eigenvalue weighted by atomic mass is 32.2. The van der Waals surface area contributed by atoms with Gasteiger partial charge in [-0.3, -0.25) is 4.79 Å². The number of aromatic nitrogens is 1. The van der Waals surface area contributed by atoms with Crippen molar-refractivity contribution in [2.75, 3.05) is 18.6 Å². The van der Waals surface area contributed by atoms with Crippen LogP contribution in [0.5, 0.6) is 0 Å². The van der Waals surface area contributed by atoms with Gasteiger partial charge in [0.25, 0.3) is 10.0 Å². The normalized spacial score (nSPS) is 14.6. The van der Waals surface area contributed by atoms with E-state index in [4.69, 9.17) is 4.74 Å². The summed E-state index contributed by atoms with van der Waals surface area (Å²) in [6, 6.07) is 13.0. The number of nitrogens with zero attached hydrogens (tertiary/aromatic N) is 2. The summed E-state index contributed by atoms with van der Waals surface area (Å²) in [6.07, 6.45) is 2.58. The summed E-state index contributed by atoms with van der Waals surface area (Å²) in [5.74, 6) is -0.567. The molecule has 0 saturated carbocycles. The maximum Gasteiger partial charge on any atom is 0.340 e. The molecule has 1 saturated heterocycles. The number of hydrogen-bond donors (Lipinski definition) is 0. The van der Waals surface area contributed by atoms with Crippen LogP contribution in [0.25, 0.3) is 10.9 Å². The monoisotopic (exact) mass is 398 g/mol. The van der Waals surface area contributed by atoms with Crippen LogP contribution in [-0.2, 0) is 19.6 Å². The highest BCUT2D eigenvalue weighted by Gasteiger charge is 2.25. The maximum absolute atomic E-state index is 13.2. The number of benzene rings is 2. The molecule has 0 atom stereocenters. The van der Waals surface area contributed by atoms with E-state index in [9.17, 15) is 18.0 Å². The van der Waals surface area contributed by atoms with Gasteiger partial charge in [0.1, 0.15) is 0 Å². The molecule has 7 nitrogen and oxygen atoms in total. The van der Waals surface area contributed by atoms with Crippen LogP contribution in [0.1, 0.15) is 23.2 Å². The summed E-state index contributed by atoms with van der Waals surface area (Å²) in [5.41, 5.74) is 1.25. The third kappa shape index (κ3) is 2.86. The van der Waals surface area contributed by atoms with E-state index < -0.39 is 16.0 Å². The fraction of sp³-hybridized carbons (Fsp3) is 0.200. The van der Waals surface area contributed by atoms with Crippen LogP contribution < -0.4 is 4.90 Å². The lowest BCUT2D eigenvalue weighted by atomic mass is 10.2. The second kappa shape index (κ2) is 6.79. The van der Waals surface area contributed by atoms with Gasteiger partial charge >= 0.3 is 5.97 Å². The molecule has 1 aliphatic rings. The summed E-state index contributed by atoms with van der Waals surface area (Å²) in [5, 5.41) is 0.497. The number of anilines is 1. The number of esters is 1. The van der Waals surface area contributed by atoms with Crippen LogP contribution in [0, 0.1) is 0 Å². The lowest BCUT2D eigenvalue weighted by molar-refractivity contribution is -0.117. The molecule has 1 aliphatic heterocycles. The summed E-state index contributed by atoms with van der Waals surface area (Å²) < 4.78 is 32.3. The number of ether oxygens (including phenoxy) is 1. The smallest absolute Gasteiger partial charge is 0.340 e. The number of carbonyl (C=O) groups excluding carboxylic acids is 2. The van der Waals surface area contributed by atoms with Gasteiger partial charge in [0, 0.05) is 30.2 Å². The molecule has 0 bridgehead atoms. The van der Waals surface area contributed by atoms with Gasteiger partial charge in [-0.25, -0.2) is 17.2 Å². The molecule has 0 aliphatic carbocycles. The van der Waals surface area contributed by atoms with Crippen molar-refractivity contribution >= 4 is 38.5 Å². The molecule has 0 N–H and O–H groups in total. The van der Waals surface area contributed by atoms with E-state index in [0.717, 1.165) is 10.4 Å². The largest absolute Gasteiger partial charge is 0.465 e. The molecule has 8 heteroatoms. The van der Waals surface area contributed by atoms with Crippen LogP contribution in [0.4, 0.5) is 5.69 Å². The molecule has 3 aromatic rings. The number of amides is 1. The minimum atomic E-state index is -3.93. The van der Waals surface area contributed by atoms with Gasteiger partial charge in [-0.1, -0.05) is 18.2 Å². The topological polar surface area (TPSA) is 85.7 Å². The lowest BCUT2D eigenvalue weighted by Crippen LogP contribution is -2.23. The Morgan fingerprint density at radius 3 is 2.43 bits per heavy atom. The van der Waals surface area contributed by atoms with Crippen LogP contribution in [0.15, 0.2) is 59.6 Å². The first-order valence-electron chi connectivity index (χ1n) is 8.78. The van der Waals surface area contributed by atoms with E-state index in [1.54, 1.807) is 41.3 Å². The third-order valence-corrected chi connectivity index (χ3v) is 6.55. The Hall–Kier alpha value is -3.13. The molecule has 144 valence electrons. The quantitative estimate of drug-likeness (QED) is 0.631. The van der Waals surface area contributed by atoms with Crippen molar-refractivity contribution in [2.45, 2.75) is 17.7 Å². The summed E-state index contributed by atoms with van der Waals surface area (Å²) in [7, 11) is -2.68. The number of para-hydroxylation sites is 1. The fourth-order valence-corrected chi connectivity index (χ4v) is 4.82. The van der Waals surface area contributed by atoms with Gasteiger partial charge in [0.15, 0.2) is 0 Å². The summed E-state index contributed by atoms with van der Waals surface area (Å²) in [4.78, 5) is 25.7. The Morgan fingerprint density at radius 2 is 1.79 bits per heavy atom. The van der Waals surface area contributed by atoms with E-state index in [1.807, 2.05) is 0 Å². The van der Waals surface area contributed by atoms with Gasteiger partial charge < -0.3 is 9.64 Å². The molecule has 1 amide bonds. The van der Waals surface area contributed by atoms with Gasteiger partial charge in [0.2, 0.25) is 5.91 Å². The first-order chi connectivity index (χ1) is 13.4. The molecular formula is C20H18N2O5S. The van der Waals surface area contributed by atoms with Crippen molar-refractivity contribution in [1.29, 1.82) is 0 Å². The zero-order valence-electron chi connectivity index (χ0n) is 15.2. The number of carbonyl (C=O) groups is 2. The van der Waals surface area contributed by atoms with E-state index in [1.165, 1.54) is 25.4 Å². The van der Waals surface area contributed by atoms with E-state index >= 15 is 0 Å². The highest BCUT2D eigenvalue weighted by Crippen LogP contribution is 2.28. The van der Waals surface area contributed by atoms with Crippen molar-refractivity contribution in [2.24, 2.45) is 0 Å². The first-order valence-corrected chi connectivity index (χ1v) is 10.2. The molecule has 2 aromatic carbocycles. The highest BCUT2D eigenvalue weighted by molar-refractivity contribution is 7.90. The second-order valence-corrected chi connectivity index (χ2v) is 8.31. The lowest BCUT2D eigenvalue weighted by Gasteiger charge is -2.16. The van der Waals surface area contributed by atoms with E-state index in [2.05, 4.69) is 0 Å². The van der Waals surface area contributed by atoms with Gasteiger partial charge in [-0.2, -0.15) is 0 Å². The standard InChI is InChI=1S/C20H18N2O5S/c1-27-20(24)17-13-22(18-6-3-2-5-16(17)18)28(25,26)15-10-8-14(9-11-15)21-12-4-7-19(21)23/h2-3,5-6,8-11,13H,4,7,12H2,1H3. The van der Waals surface area contributed by atoms with Gasteiger partial charge in [0.05, 0.1) is 23.1 Å². The molecular weight excluding hydrogens is 380 g/mol. The van der Waals surface area contributed by atoms with Gasteiger partial charge in [-0.05, 0) is 36.8 Å². The van der Waals surface area contributed by atoms with Crippen LogP contribution in [0.3, 0.4) is 0 Å². The number of fused-ring (bicyclic) bond motifs is 1. The predicted octanol–water partition coefficient (Wildman–Crippen LogP) is 2.79. The van der Waals surface area contributed by atoms with Crippen molar-refractivity contribution in [3.8, 4) is 0 Å². The average molecular weight is 398 g/mol. The SMILES string of the molecule is COC(=O)c1cn(S(=O)(=O)c2ccc(N3CCCC3=O)cc2)c2ccccc12. The Bertz CT molecular complexity index is 1180. The van der Waals surface area contributed by atoms with Crippen LogP contribution in [0.2, 0.25) is 0 Å². The van der Waals surface area contributed by atoms with Gasteiger partial charge in [-0.15, -0.1) is 0 Å². The van der Waals surface area contributed by atoms with Crippen LogP contribution >= 0.6 is 0 Å². The molecule has 1 aromatic heterocycles.